The van der Waals surface area contributed by atoms with Crippen LogP contribution in [-0.2, 0) is 6.54 Å². The average molecular weight is 270 g/mol. The quantitative estimate of drug-likeness (QED) is 0.724. The second-order valence-electron chi connectivity index (χ2n) is 4.31. The number of nitrogens with one attached hydrogen (secondary N) is 1. The molecule has 1 N–H and O–H groups in total. The van der Waals surface area contributed by atoms with E-state index in [0.717, 1.165) is 22.2 Å². The minimum Gasteiger partial charge on any atom is -0.453 e. The molecule has 3 rings (SSSR count). The molecule has 100 valence electrons. The number of furan rings is 1. The van der Waals surface area contributed by atoms with Gasteiger partial charge in [-0.15, -0.1) is 0 Å². The lowest BCUT2D eigenvalue weighted by Crippen LogP contribution is -2.30. The summed E-state index contributed by atoms with van der Waals surface area (Å²) in [4.78, 5) is 34.7. The van der Waals surface area contributed by atoms with Crippen LogP contribution in [0.4, 0.5) is 0 Å². The van der Waals surface area contributed by atoms with Gasteiger partial charge in [-0.1, -0.05) is 18.2 Å². The molecule has 0 amide bonds. The first-order valence-electron chi connectivity index (χ1n) is 5.95. The summed E-state index contributed by atoms with van der Waals surface area (Å²) in [6.07, 6.45) is 0. The van der Waals surface area contributed by atoms with Crippen LogP contribution < -0.4 is 11.1 Å². The maximum atomic E-state index is 12.1. The SMILES string of the molecule is O=C(Cn1[nH]c(=O)ccc1=O)c1cc2ccccc2o1. The Labute approximate surface area is 112 Å². The number of carbonyl (C=O) groups is 1. The number of nitrogens with zero attached hydrogens (tertiary/aromatic N) is 1. The molecule has 0 aliphatic heterocycles. The number of fused-ring (bicyclic) bond motifs is 1. The fraction of sp³-hybridized carbons (Fsp3) is 0.0714. The van der Waals surface area contributed by atoms with E-state index in [1.807, 2.05) is 12.1 Å². The summed E-state index contributed by atoms with van der Waals surface area (Å²) in [5, 5.41) is 3.11. The Morgan fingerprint density at radius 2 is 1.95 bits per heavy atom. The van der Waals surface area contributed by atoms with Crippen LogP contribution in [0, 0.1) is 0 Å². The minimum absolute atomic E-state index is 0.155. The normalized spacial score (nSPS) is 10.8. The second kappa shape index (κ2) is 4.65. The molecular formula is C14H10N2O4. The number of hydrogen-bond donors (Lipinski definition) is 1. The number of aromatic amines is 1. The summed E-state index contributed by atoms with van der Waals surface area (Å²) < 4.78 is 6.37. The molecule has 0 unspecified atom stereocenters. The summed E-state index contributed by atoms with van der Waals surface area (Å²) in [7, 11) is 0. The third-order valence-electron chi connectivity index (χ3n) is 2.89. The van der Waals surface area contributed by atoms with Crippen LogP contribution in [0.3, 0.4) is 0 Å². The number of carbonyl (C=O) groups excluding carboxylic acids is 1. The Morgan fingerprint density at radius 3 is 2.75 bits per heavy atom. The van der Waals surface area contributed by atoms with Gasteiger partial charge in [0.15, 0.2) is 5.76 Å². The Balaban J connectivity index is 1.94. The van der Waals surface area contributed by atoms with Crippen LogP contribution in [0.25, 0.3) is 11.0 Å². The predicted octanol–water partition coefficient (Wildman–Crippen LogP) is 1.17. The van der Waals surface area contributed by atoms with Crippen molar-refractivity contribution in [1.29, 1.82) is 0 Å². The Kier molecular flexibility index (Phi) is 2.83. The molecule has 0 saturated heterocycles. The van der Waals surface area contributed by atoms with Gasteiger partial charge in [0.2, 0.25) is 5.78 Å². The highest BCUT2D eigenvalue weighted by Gasteiger charge is 2.13. The Morgan fingerprint density at radius 1 is 1.15 bits per heavy atom. The van der Waals surface area contributed by atoms with Crippen molar-refractivity contribution in [1.82, 2.24) is 9.78 Å². The zero-order valence-electron chi connectivity index (χ0n) is 10.3. The second-order valence-corrected chi connectivity index (χ2v) is 4.31. The molecule has 0 aliphatic rings. The summed E-state index contributed by atoms with van der Waals surface area (Å²) in [5.41, 5.74) is -0.291. The van der Waals surface area contributed by atoms with Crippen molar-refractivity contribution in [3.05, 3.63) is 68.9 Å². The zero-order chi connectivity index (χ0) is 14.1. The number of rotatable bonds is 3. The van der Waals surface area contributed by atoms with Gasteiger partial charge < -0.3 is 4.42 Å². The van der Waals surface area contributed by atoms with Crippen molar-refractivity contribution in [2.45, 2.75) is 6.54 Å². The highest BCUT2D eigenvalue weighted by molar-refractivity contribution is 5.97. The monoisotopic (exact) mass is 270 g/mol. The van der Waals surface area contributed by atoms with Crippen molar-refractivity contribution in [2.75, 3.05) is 0 Å². The Bertz CT molecular complexity index is 868. The molecule has 0 atom stereocenters. The number of hydrogen-bond acceptors (Lipinski definition) is 4. The molecule has 0 bridgehead atoms. The van der Waals surface area contributed by atoms with Crippen molar-refractivity contribution in [3.63, 3.8) is 0 Å². The Hall–Kier alpha value is -2.89. The van der Waals surface area contributed by atoms with E-state index in [9.17, 15) is 14.4 Å². The maximum Gasteiger partial charge on any atom is 0.265 e. The molecule has 0 spiro atoms. The van der Waals surface area contributed by atoms with Gasteiger partial charge in [-0.05, 0) is 12.1 Å². The standard InChI is InChI=1S/C14H10N2O4/c17-10(8-16-14(19)6-5-13(18)15-16)12-7-9-3-1-2-4-11(9)20-12/h1-7H,8H2,(H,15,18). The van der Waals surface area contributed by atoms with E-state index in [1.165, 1.54) is 0 Å². The van der Waals surface area contributed by atoms with E-state index in [2.05, 4.69) is 5.10 Å². The lowest BCUT2D eigenvalue weighted by atomic mass is 10.2. The number of H-pyrrole nitrogens is 1. The van der Waals surface area contributed by atoms with Crippen LogP contribution in [0.5, 0.6) is 0 Å². The van der Waals surface area contributed by atoms with Gasteiger partial charge in [0.1, 0.15) is 12.1 Å². The highest BCUT2D eigenvalue weighted by Crippen LogP contribution is 2.19. The lowest BCUT2D eigenvalue weighted by Gasteiger charge is -2.01. The van der Waals surface area contributed by atoms with Gasteiger partial charge in [-0.2, -0.15) is 0 Å². The summed E-state index contributed by atoms with van der Waals surface area (Å²) in [5.74, 6) is -0.229. The van der Waals surface area contributed by atoms with Crippen LogP contribution in [0.1, 0.15) is 10.6 Å². The average Bonchev–Trinajstić information content (AvgIpc) is 2.87. The van der Waals surface area contributed by atoms with E-state index >= 15 is 0 Å². The van der Waals surface area contributed by atoms with E-state index in [0.29, 0.717) is 5.58 Å². The molecule has 3 aromatic rings. The molecule has 0 radical (unpaired) electrons. The first kappa shape index (κ1) is 12.2. The van der Waals surface area contributed by atoms with Crippen molar-refractivity contribution >= 4 is 16.8 Å². The van der Waals surface area contributed by atoms with Crippen LogP contribution in [-0.4, -0.2) is 15.6 Å². The highest BCUT2D eigenvalue weighted by atomic mass is 16.3. The smallest absolute Gasteiger partial charge is 0.265 e. The molecule has 20 heavy (non-hydrogen) atoms. The molecule has 0 aliphatic carbocycles. The first-order valence-corrected chi connectivity index (χ1v) is 5.95. The van der Waals surface area contributed by atoms with Gasteiger partial charge in [0.05, 0.1) is 0 Å². The van der Waals surface area contributed by atoms with Gasteiger partial charge in [0, 0.05) is 17.5 Å². The van der Waals surface area contributed by atoms with Crippen LogP contribution >= 0.6 is 0 Å². The van der Waals surface area contributed by atoms with E-state index in [-0.39, 0.29) is 18.1 Å². The fourth-order valence-corrected chi connectivity index (χ4v) is 1.92. The topological polar surface area (TPSA) is 85.1 Å². The predicted molar refractivity (Wildman–Crippen MR) is 71.9 cm³/mol. The fourth-order valence-electron chi connectivity index (χ4n) is 1.92. The van der Waals surface area contributed by atoms with E-state index < -0.39 is 11.1 Å². The molecule has 0 fully saturated rings. The molecule has 2 aromatic heterocycles. The largest absolute Gasteiger partial charge is 0.453 e. The summed E-state index contributed by atoms with van der Waals surface area (Å²) in [6, 6.07) is 11.1. The lowest BCUT2D eigenvalue weighted by molar-refractivity contribution is 0.0940. The van der Waals surface area contributed by atoms with Gasteiger partial charge >= 0.3 is 0 Å². The van der Waals surface area contributed by atoms with E-state index in [4.69, 9.17) is 4.42 Å². The maximum absolute atomic E-state index is 12.1. The summed E-state index contributed by atoms with van der Waals surface area (Å²) in [6.45, 7) is -0.269. The number of Topliss-reactive ketones (excluding diaryl/α,β-unsaturated/α-hetero) is 1. The summed E-state index contributed by atoms with van der Waals surface area (Å²) >= 11 is 0. The van der Waals surface area contributed by atoms with Crippen molar-refractivity contribution in [3.8, 4) is 0 Å². The zero-order valence-corrected chi connectivity index (χ0v) is 10.3. The van der Waals surface area contributed by atoms with Gasteiger partial charge in [-0.25, -0.2) is 4.68 Å². The third kappa shape index (κ3) is 2.18. The van der Waals surface area contributed by atoms with Crippen molar-refractivity contribution in [2.24, 2.45) is 0 Å². The van der Waals surface area contributed by atoms with Gasteiger partial charge in [0.25, 0.3) is 11.1 Å². The van der Waals surface area contributed by atoms with Gasteiger partial charge in [-0.3, -0.25) is 19.5 Å². The number of ketones is 1. The van der Waals surface area contributed by atoms with Crippen LogP contribution in [0.15, 0.2) is 56.5 Å². The number of aromatic nitrogens is 2. The number of para-hydroxylation sites is 1. The molecule has 6 heteroatoms. The molecule has 2 heterocycles. The van der Waals surface area contributed by atoms with Crippen molar-refractivity contribution < 1.29 is 9.21 Å². The third-order valence-corrected chi connectivity index (χ3v) is 2.89. The molecular weight excluding hydrogens is 260 g/mol. The van der Waals surface area contributed by atoms with E-state index in [1.54, 1.807) is 18.2 Å². The molecule has 0 saturated carbocycles. The van der Waals surface area contributed by atoms with Crippen LogP contribution in [0.2, 0.25) is 0 Å². The molecule has 1 aromatic carbocycles. The first-order chi connectivity index (χ1) is 9.63. The molecule has 6 nitrogen and oxygen atoms in total. The minimum atomic E-state index is -0.450. The number of benzene rings is 1.